The van der Waals surface area contributed by atoms with Gasteiger partial charge in [-0.25, -0.2) is 0 Å². The van der Waals surface area contributed by atoms with Gasteiger partial charge in [-0.15, -0.1) is 0 Å². The van der Waals surface area contributed by atoms with Crippen LogP contribution in [0.15, 0.2) is 12.1 Å². The van der Waals surface area contributed by atoms with Crippen molar-refractivity contribution >= 4 is 0 Å². The molecule has 1 fully saturated rings. The van der Waals surface area contributed by atoms with Crippen LogP contribution in [0.5, 0.6) is 11.5 Å². The molecule has 1 aromatic carbocycles. The molecule has 1 aliphatic heterocycles. The normalized spacial score (nSPS) is 23.2. The zero-order chi connectivity index (χ0) is 13.2. The molecule has 1 atom stereocenters. The minimum Gasteiger partial charge on any atom is -0.497 e. The number of hydrogen-bond acceptors (Lipinski definition) is 3. The maximum Gasteiger partial charge on any atom is 0.127 e. The maximum absolute atomic E-state index is 5.55. The molecule has 3 nitrogen and oxygen atoms in total. The van der Waals surface area contributed by atoms with Gasteiger partial charge in [0.25, 0.3) is 0 Å². The zero-order valence-electron chi connectivity index (χ0n) is 11.9. The smallest absolute Gasteiger partial charge is 0.127 e. The minimum absolute atomic E-state index is 0.621. The topological polar surface area (TPSA) is 30.5 Å². The number of benzene rings is 1. The van der Waals surface area contributed by atoms with Crippen molar-refractivity contribution < 1.29 is 9.47 Å². The number of nitrogens with one attached hydrogen (secondary N) is 1. The summed E-state index contributed by atoms with van der Waals surface area (Å²) in [6, 6.07) is 4.22. The lowest BCUT2D eigenvalue weighted by molar-refractivity contribution is 0.361. The number of ether oxygens (including phenoxy) is 2. The Bertz CT molecular complexity index is 452. The third kappa shape index (κ3) is 2.32. The summed E-state index contributed by atoms with van der Waals surface area (Å²) >= 11 is 0. The summed E-state index contributed by atoms with van der Waals surface area (Å²) in [7, 11) is 3.47. The van der Waals surface area contributed by atoms with Crippen molar-refractivity contribution in [1.29, 1.82) is 0 Å². The first kappa shape index (κ1) is 12.8. The molecule has 0 spiro atoms. The lowest BCUT2D eigenvalue weighted by Gasteiger charge is -2.32. The molecule has 3 rings (SSSR count). The molecule has 0 radical (unpaired) electrons. The SMILES string of the molecule is COc1cc(OC)c2c(c1)C(C1CCCC1)CNC2. The highest BCUT2D eigenvalue weighted by Crippen LogP contribution is 2.43. The third-order valence-electron chi connectivity index (χ3n) is 4.71. The van der Waals surface area contributed by atoms with E-state index in [0.29, 0.717) is 5.92 Å². The Morgan fingerprint density at radius 2 is 1.89 bits per heavy atom. The van der Waals surface area contributed by atoms with E-state index in [1.807, 2.05) is 6.07 Å². The molecule has 0 aromatic heterocycles. The highest BCUT2D eigenvalue weighted by atomic mass is 16.5. The molecule has 1 N–H and O–H groups in total. The fourth-order valence-electron chi connectivity index (χ4n) is 3.70. The largest absolute Gasteiger partial charge is 0.497 e. The summed E-state index contributed by atoms with van der Waals surface area (Å²) in [6.07, 6.45) is 5.51. The predicted octanol–water partition coefficient (Wildman–Crippen LogP) is 3.08. The van der Waals surface area contributed by atoms with Crippen LogP contribution < -0.4 is 14.8 Å². The molecule has 0 amide bonds. The molecule has 0 bridgehead atoms. The molecular formula is C16H23NO2. The van der Waals surface area contributed by atoms with Gasteiger partial charge in [0.05, 0.1) is 14.2 Å². The molecule has 1 aromatic rings. The van der Waals surface area contributed by atoms with Crippen LogP contribution in [-0.2, 0) is 6.54 Å². The first-order valence-electron chi connectivity index (χ1n) is 7.29. The van der Waals surface area contributed by atoms with Crippen molar-refractivity contribution in [1.82, 2.24) is 5.32 Å². The van der Waals surface area contributed by atoms with Crippen molar-refractivity contribution in [3.05, 3.63) is 23.3 Å². The fraction of sp³-hybridized carbons (Fsp3) is 0.625. The van der Waals surface area contributed by atoms with Gasteiger partial charge in [-0.3, -0.25) is 0 Å². The second kappa shape index (κ2) is 5.41. The average molecular weight is 261 g/mol. The first-order chi connectivity index (χ1) is 9.33. The molecule has 19 heavy (non-hydrogen) atoms. The van der Waals surface area contributed by atoms with Crippen LogP contribution in [0.4, 0.5) is 0 Å². The number of methoxy groups -OCH3 is 2. The van der Waals surface area contributed by atoms with Gasteiger partial charge >= 0.3 is 0 Å². The minimum atomic E-state index is 0.621. The molecular weight excluding hydrogens is 238 g/mol. The number of hydrogen-bond donors (Lipinski definition) is 1. The second-order valence-electron chi connectivity index (χ2n) is 5.68. The highest BCUT2D eigenvalue weighted by molar-refractivity contribution is 5.49. The monoisotopic (exact) mass is 261 g/mol. The summed E-state index contributed by atoms with van der Waals surface area (Å²) in [6.45, 7) is 2.00. The van der Waals surface area contributed by atoms with Gasteiger partial charge in [-0.2, -0.15) is 0 Å². The molecule has 1 heterocycles. The van der Waals surface area contributed by atoms with E-state index >= 15 is 0 Å². The van der Waals surface area contributed by atoms with E-state index in [9.17, 15) is 0 Å². The van der Waals surface area contributed by atoms with Crippen LogP contribution in [-0.4, -0.2) is 20.8 Å². The van der Waals surface area contributed by atoms with E-state index in [-0.39, 0.29) is 0 Å². The summed E-state index contributed by atoms with van der Waals surface area (Å²) < 4.78 is 11.0. The van der Waals surface area contributed by atoms with E-state index < -0.39 is 0 Å². The van der Waals surface area contributed by atoms with Gasteiger partial charge in [0.1, 0.15) is 11.5 Å². The van der Waals surface area contributed by atoms with Crippen LogP contribution in [0, 0.1) is 5.92 Å². The van der Waals surface area contributed by atoms with Crippen molar-refractivity contribution in [2.24, 2.45) is 5.92 Å². The highest BCUT2D eigenvalue weighted by Gasteiger charge is 2.31. The van der Waals surface area contributed by atoms with Gasteiger partial charge in [0.2, 0.25) is 0 Å². The zero-order valence-corrected chi connectivity index (χ0v) is 11.9. The van der Waals surface area contributed by atoms with Crippen LogP contribution in [0.3, 0.4) is 0 Å². The standard InChI is InChI=1S/C16H23NO2/c1-18-12-7-13-14(11-5-3-4-6-11)9-17-10-15(13)16(8-12)19-2/h7-8,11,14,17H,3-6,9-10H2,1-2H3. The van der Waals surface area contributed by atoms with E-state index in [1.165, 1.54) is 36.8 Å². The van der Waals surface area contributed by atoms with Crippen molar-refractivity contribution in [3.63, 3.8) is 0 Å². The van der Waals surface area contributed by atoms with Gasteiger partial charge in [-0.1, -0.05) is 12.8 Å². The molecule has 2 aliphatic rings. The Kier molecular flexibility index (Phi) is 3.65. The quantitative estimate of drug-likeness (QED) is 0.907. The van der Waals surface area contributed by atoms with E-state index in [4.69, 9.17) is 9.47 Å². The van der Waals surface area contributed by atoms with Crippen LogP contribution in [0.1, 0.15) is 42.7 Å². The summed E-state index contributed by atoms with van der Waals surface area (Å²) in [5.41, 5.74) is 2.77. The first-order valence-corrected chi connectivity index (χ1v) is 7.29. The lowest BCUT2D eigenvalue weighted by Crippen LogP contribution is -2.32. The Morgan fingerprint density at radius 3 is 2.58 bits per heavy atom. The third-order valence-corrected chi connectivity index (χ3v) is 4.71. The molecule has 104 valence electrons. The van der Waals surface area contributed by atoms with Gasteiger partial charge in [0.15, 0.2) is 0 Å². The van der Waals surface area contributed by atoms with Crippen molar-refractivity contribution in [3.8, 4) is 11.5 Å². The molecule has 1 unspecified atom stereocenters. The van der Waals surface area contributed by atoms with E-state index in [2.05, 4.69) is 11.4 Å². The maximum atomic E-state index is 5.55. The van der Waals surface area contributed by atoms with E-state index in [1.54, 1.807) is 14.2 Å². The van der Waals surface area contributed by atoms with E-state index in [0.717, 1.165) is 30.5 Å². The average Bonchev–Trinajstić information content (AvgIpc) is 2.99. The number of fused-ring (bicyclic) bond motifs is 1. The Labute approximate surface area is 115 Å². The summed E-state index contributed by atoms with van der Waals surface area (Å²) in [5, 5.41) is 3.56. The number of rotatable bonds is 3. The van der Waals surface area contributed by atoms with Crippen LogP contribution in [0.25, 0.3) is 0 Å². The molecule has 1 aliphatic carbocycles. The molecule has 0 saturated heterocycles. The Hall–Kier alpha value is -1.22. The van der Waals surface area contributed by atoms with Crippen molar-refractivity contribution in [2.75, 3.05) is 20.8 Å². The van der Waals surface area contributed by atoms with Crippen LogP contribution >= 0.6 is 0 Å². The van der Waals surface area contributed by atoms with Gasteiger partial charge < -0.3 is 14.8 Å². The molecule has 3 heteroatoms. The lowest BCUT2D eigenvalue weighted by atomic mass is 9.80. The fourth-order valence-corrected chi connectivity index (χ4v) is 3.70. The predicted molar refractivity (Wildman–Crippen MR) is 76.0 cm³/mol. The Balaban J connectivity index is 2.01. The summed E-state index contributed by atoms with van der Waals surface area (Å²) in [5.74, 6) is 3.32. The molecule has 1 saturated carbocycles. The summed E-state index contributed by atoms with van der Waals surface area (Å²) in [4.78, 5) is 0. The second-order valence-corrected chi connectivity index (χ2v) is 5.68. The van der Waals surface area contributed by atoms with Crippen molar-refractivity contribution in [2.45, 2.75) is 38.1 Å². The van der Waals surface area contributed by atoms with Crippen LogP contribution in [0.2, 0.25) is 0 Å². The Morgan fingerprint density at radius 1 is 1.11 bits per heavy atom. The van der Waals surface area contributed by atoms with Gasteiger partial charge in [0, 0.05) is 24.7 Å². The van der Waals surface area contributed by atoms with Gasteiger partial charge in [-0.05, 0) is 36.3 Å².